The number of amides is 1. The summed E-state index contributed by atoms with van der Waals surface area (Å²) in [5.74, 6) is -0.602. The van der Waals surface area contributed by atoms with Crippen molar-refractivity contribution in [2.75, 3.05) is 13.3 Å². The lowest BCUT2D eigenvalue weighted by Gasteiger charge is -2.25. The van der Waals surface area contributed by atoms with Crippen molar-refractivity contribution in [1.82, 2.24) is 4.90 Å². The molecule has 0 aliphatic carbocycles. The number of ether oxygens (including phenoxy) is 2. The molecule has 0 unspecified atom stereocenters. The fraction of sp³-hybridized carbons (Fsp3) is 0.700. The quantitative estimate of drug-likeness (QED) is 0.398. The maximum Gasteiger partial charge on any atom is 0.413 e. The molecule has 94 valence electrons. The monoisotopic (exact) mass is 242 g/mol. The van der Waals surface area contributed by atoms with E-state index in [4.69, 9.17) is 9.47 Å². The number of rotatable bonds is 2. The summed E-state index contributed by atoms with van der Waals surface area (Å²) in [5.41, 5.74) is -0.665. The van der Waals surface area contributed by atoms with E-state index in [-0.39, 0.29) is 13.3 Å². The fourth-order valence-electron chi connectivity index (χ4n) is 1.24. The average molecular weight is 242 g/mol. The first-order valence-corrected chi connectivity index (χ1v) is 5.05. The normalized spacial score (nSPS) is 19.6. The maximum atomic E-state index is 11.7. The van der Waals surface area contributed by atoms with E-state index in [1.54, 1.807) is 20.8 Å². The Hall–Kier alpha value is -1.88. The first-order valence-electron chi connectivity index (χ1n) is 5.05. The van der Waals surface area contributed by atoms with Crippen LogP contribution in [0.4, 0.5) is 4.79 Å². The van der Waals surface area contributed by atoms with Crippen molar-refractivity contribution in [1.29, 1.82) is 0 Å². The SMILES string of the molecule is CC(C)(C)OC(=O)N1COC(=O)[C@@H]1CN=C=O. The number of isocyanates is 1. The molecule has 0 spiro atoms. The predicted octanol–water partition coefficient (Wildman–Crippen LogP) is 0.442. The number of cyclic esters (lactones) is 1. The van der Waals surface area contributed by atoms with Gasteiger partial charge in [0.15, 0.2) is 12.8 Å². The molecule has 0 aromatic carbocycles. The Kier molecular flexibility index (Phi) is 3.85. The van der Waals surface area contributed by atoms with E-state index >= 15 is 0 Å². The molecule has 0 radical (unpaired) electrons. The Morgan fingerprint density at radius 1 is 1.65 bits per heavy atom. The lowest BCUT2D eigenvalue weighted by atomic mass is 10.2. The van der Waals surface area contributed by atoms with Gasteiger partial charge in [-0.1, -0.05) is 0 Å². The number of nitrogens with zero attached hydrogens (tertiary/aromatic N) is 2. The van der Waals surface area contributed by atoms with Crippen LogP contribution in [0.3, 0.4) is 0 Å². The van der Waals surface area contributed by atoms with Crippen LogP contribution in [0.25, 0.3) is 0 Å². The third kappa shape index (κ3) is 3.57. The van der Waals surface area contributed by atoms with Gasteiger partial charge in [-0.15, -0.1) is 0 Å². The minimum absolute atomic E-state index is 0.165. The van der Waals surface area contributed by atoms with Gasteiger partial charge in [0.05, 0.1) is 6.54 Å². The second-order valence-corrected chi connectivity index (χ2v) is 4.49. The molecule has 0 aromatic heterocycles. The molecule has 1 rings (SSSR count). The topological polar surface area (TPSA) is 85.3 Å². The highest BCUT2D eigenvalue weighted by atomic mass is 16.6. The van der Waals surface area contributed by atoms with Crippen LogP contribution in [-0.2, 0) is 19.1 Å². The van der Waals surface area contributed by atoms with Gasteiger partial charge in [-0.2, -0.15) is 0 Å². The summed E-state index contributed by atoms with van der Waals surface area (Å²) >= 11 is 0. The van der Waals surface area contributed by atoms with Crippen LogP contribution < -0.4 is 0 Å². The minimum Gasteiger partial charge on any atom is -0.444 e. The van der Waals surface area contributed by atoms with Crippen molar-refractivity contribution >= 4 is 18.1 Å². The van der Waals surface area contributed by atoms with Crippen molar-refractivity contribution in [3.63, 3.8) is 0 Å². The molecule has 17 heavy (non-hydrogen) atoms. The third-order valence-corrected chi connectivity index (χ3v) is 1.95. The van der Waals surface area contributed by atoms with Gasteiger partial charge in [-0.25, -0.2) is 19.4 Å². The standard InChI is InChI=1S/C10H14N2O5/c1-10(2,3)17-9(15)12-6-16-8(14)7(12)4-11-5-13/h7H,4,6H2,1-3H3/t7-/m0/s1. The Morgan fingerprint density at radius 2 is 2.29 bits per heavy atom. The molecule has 1 atom stereocenters. The van der Waals surface area contributed by atoms with E-state index in [0.29, 0.717) is 0 Å². The van der Waals surface area contributed by atoms with Gasteiger partial charge in [0.25, 0.3) is 0 Å². The van der Waals surface area contributed by atoms with Gasteiger partial charge in [0.2, 0.25) is 6.08 Å². The summed E-state index contributed by atoms with van der Waals surface area (Å²) in [6.45, 7) is 4.78. The van der Waals surface area contributed by atoms with Gasteiger partial charge < -0.3 is 9.47 Å². The van der Waals surface area contributed by atoms with Crippen molar-refractivity contribution in [2.45, 2.75) is 32.4 Å². The molecule has 1 aliphatic heterocycles. The Bertz CT molecular complexity index is 367. The largest absolute Gasteiger partial charge is 0.444 e. The predicted molar refractivity (Wildman–Crippen MR) is 55.8 cm³/mol. The lowest BCUT2D eigenvalue weighted by molar-refractivity contribution is -0.138. The summed E-state index contributed by atoms with van der Waals surface area (Å²) in [4.78, 5) is 37.4. The van der Waals surface area contributed by atoms with Gasteiger partial charge in [0.1, 0.15) is 5.60 Å². The van der Waals surface area contributed by atoms with Crippen LogP contribution in [0.2, 0.25) is 0 Å². The summed E-state index contributed by atoms with van der Waals surface area (Å²) in [6.07, 6.45) is 0.640. The maximum absolute atomic E-state index is 11.7. The molecule has 1 fully saturated rings. The minimum atomic E-state index is -0.911. The first-order chi connectivity index (χ1) is 7.85. The van der Waals surface area contributed by atoms with Crippen LogP contribution in [0.5, 0.6) is 0 Å². The Labute approximate surface area is 98.4 Å². The van der Waals surface area contributed by atoms with Crippen LogP contribution >= 0.6 is 0 Å². The number of aliphatic imine (C=N–C) groups is 1. The van der Waals surface area contributed by atoms with E-state index in [2.05, 4.69) is 4.99 Å². The van der Waals surface area contributed by atoms with Gasteiger partial charge in [-0.05, 0) is 20.8 Å². The number of hydrogen-bond acceptors (Lipinski definition) is 6. The van der Waals surface area contributed by atoms with Crippen molar-refractivity contribution < 1.29 is 23.9 Å². The zero-order valence-corrected chi connectivity index (χ0v) is 9.93. The molecule has 0 N–H and O–H groups in total. The number of esters is 1. The molecule has 7 nitrogen and oxygen atoms in total. The van der Waals surface area contributed by atoms with Gasteiger partial charge in [-0.3, -0.25) is 4.90 Å². The molecule has 0 aromatic rings. The molecule has 0 saturated carbocycles. The van der Waals surface area contributed by atoms with E-state index < -0.39 is 23.7 Å². The Balaban J connectivity index is 2.71. The number of carbonyl (C=O) groups is 2. The van der Waals surface area contributed by atoms with E-state index in [0.717, 1.165) is 4.90 Å². The number of carbonyl (C=O) groups excluding carboxylic acids is 3. The summed E-state index contributed by atoms with van der Waals surface area (Å²) in [6, 6.07) is -0.911. The van der Waals surface area contributed by atoms with Crippen LogP contribution in [0.1, 0.15) is 20.8 Å². The average Bonchev–Trinajstić information content (AvgIpc) is 2.54. The van der Waals surface area contributed by atoms with E-state index in [9.17, 15) is 14.4 Å². The second-order valence-electron chi connectivity index (χ2n) is 4.49. The molecule has 1 heterocycles. The highest BCUT2D eigenvalue weighted by Gasteiger charge is 2.39. The van der Waals surface area contributed by atoms with Crippen molar-refractivity contribution in [3.8, 4) is 0 Å². The van der Waals surface area contributed by atoms with Gasteiger partial charge in [0, 0.05) is 0 Å². The van der Waals surface area contributed by atoms with Crippen LogP contribution in [0, 0.1) is 0 Å². The third-order valence-electron chi connectivity index (χ3n) is 1.95. The van der Waals surface area contributed by atoms with Crippen molar-refractivity contribution in [2.24, 2.45) is 4.99 Å². The smallest absolute Gasteiger partial charge is 0.413 e. The lowest BCUT2D eigenvalue weighted by Crippen LogP contribution is -2.43. The second kappa shape index (κ2) is 4.97. The molecule has 1 saturated heterocycles. The number of hydrogen-bond donors (Lipinski definition) is 0. The molecular weight excluding hydrogens is 228 g/mol. The van der Waals surface area contributed by atoms with Crippen molar-refractivity contribution in [3.05, 3.63) is 0 Å². The fourth-order valence-corrected chi connectivity index (χ4v) is 1.24. The van der Waals surface area contributed by atoms with E-state index in [1.165, 1.54) is 6.08 Å². The zero-order valence-electron chi connectivity index (χ0n) is 9.93. The molecular formula is C10H14N2O5. The summed E-state index contributed by atoms with van der Waals surface area (Å²) in [7, 11) is 0. The van der Waals surface area contributed by atoms with Crippen LogP contribution in [0.15, 0.2) is 4.99 Å². The first kappa shape index (κ1) is 13.2. The van der Waals surface area contributed by atoms with Crippen LogP contribution in [-0.4, -0.2) is 48.0 Å². The van der Waals surface area contributed by atoms with E-state index in [1.807, 2.05) is 0 Å². The highest BCUT2D eigenvalue weighted by Crippen LogP contribution is 2.17. The van der Waals surface area contributed by atoms with Gasteiger partial charge >= 0.3 is 12.1 Å². The summed E-state index contributed by atoms with van der Waals surface area (Å²) < 4.78 is 9.80. The molecule has 1 aliphatic rings. The molecule has 1 amide bonds. The molecule has 0 bridgehead atoms. The zero-order chi connectivity index (χ0) is 13.1. The summed E-state index contributed by atoms with van der Waals surface area (Å²) in [5, 5.41) is 0. The highest BCUT2D eigenvalue weighted by molar-refractivity contribution is 5.84. The Morgan fingerprint density at radius 3 is 2.82 bits per heavy atom. The molecule has 7 heteroatoms.